The second-order valence-corrected chi connectivity index (χ2v) is 11.7. The highest BCUT2D eigenvalue weighted by atomic mass is 32.2. The van der Waals surface area contributed by atoms with Crippen molar-refractivity contribution < 1.29 is 52.0 Å². The molecule has 0 heterocycles. The van der Waals surface area contributed by atoms with E-state index in [1.54, 1.807) is 0 Å². The number of esters is 3. The van der Waals surface area contributed by atoms with Gasteiger partial charge in [-0.1, -0.05) is 24.3 Å². The molecule has 0 aliphatic heterocycles. The highest BCUT2D eigenvalue weighted by Gasteiger charge is 2.58. The van der Waals surface area contributed by atoms with E-state index >= 15 is 0 Å². The lowest BCUT2D eigenvalue weighted by molar-refractivity contribution is -0.433. The van der Waals surface area contributed by atoms with E-state index in [1.807, 2.05) is 0 Å². The molecule has 198 valence electrons. The predicted molar refractivity (Wildman–Crippen MR) is 116 cm³/mol. The van der Waals surface area contributed by atoms with Crippen LogP contribution in [0.15, 0.2) is 0 Å². The van der Waals surface area contributed by atoms with Gasteiger partial charge in [-0.3, -0.25) is 4.79 Å². The lowest BCUT2D eigenvalue weighted by Gasteiger charge is -2.61. The summed E-state index contributed by atoms with van der Waals surface area (Å²) in [6, 6.07) is 0. The van der Waals surface area contributed by atoms with Gasteiger partial charge < -0.3 is 14.2 Å². The van der Waals surface area contributed by atoms with Gasteiger partial charge >= 0.3 is 23.2 Å². The highest BCUT2D eigenvalue weighted by molar-refractivity contribution is 7.96. The topological polar surface area (TPSA) is 118 Å². The van der Waals surface area contributed by atoms with E-state index in [4.69, 9.17) is 14.7 Å². The van der Waals surface area contributed by atoms with Gasteiger partial charge in [0.1, 0.15) is 12.0 Å². The fourth-order valence-electron chi connectivity index (χ4n) is 7.24. The highest BCUT2D eigenvalue weighted by Crippen LogP contribution is 2.65. The van der Waals surface area contributed by atoms with Crippen molar-refractivity contribution in [3.63, 3.8) is 0 Å². The average Bonchev–Trinajstić information content (AvgIpc) is 2.83. The maximum atomic E-state index is 13.4. The van der Waals surface area contributed by atoms with E-state index in [9.17, 15) is 23.2 Å². The van der Waals surface area contributed by atoms with Crippen LogP contribution < -0.4 is 0 Å². The van der Waals surface area contributed by atoms with Crippen LogP contribution in [0.1, 0.15) is 70.6 Å². The first-order chi connectivity index (χ1) is 16.6. The summed E-state index contributed by atoms with van der Waals surface area (Å²) in [5.41, 5.74) is -0.353. The number of hydrogen-bond acceptors (Lipinski definition) is 10. The van der Waals surface area contributed by atoms with Gasteiger partial charge in [-0.25, -0.2) is 14.8 Å². The maximum absolute atomic E-state index is 13.4. The number of hydrogen-bond donors (Lipinski definition) is 1. The summed E-state index contributed by atoms with van der Waals surface area (Å²) >= 11 is -0.763. The molecule has 5 saturated carbocycles. The molecule has 0 aromatic heterocycles. The number of halogens is 2. The molecule has 2 atom stereocenters. The Morgan fingerprint density at radius 1 is 0.914 bits per heavy atom. The fraction of sp³-hybridized carbons (Fsp3) is 0.870. The molecule has 4 bridgehead atoms. The van der Waals surface area contributed by atoms with Crippen LogP contribution in [0.2, 0.25) is 0 Å². The SMILES string of the molecule is O=C(COC(=O)C(F)(F)SOOO)OCC12CC3CC(C1)CC(COC(=O)C1CCCCC1)(C3)C2. The second-order valence-electron chi connectivity index (χ2n) is 10.9. The van der Waals surface area contributed by atoms with Crippen molar-refractivity contribution in [2.45, 2.75) is 75.9 Å². The van der Waals surface area contributed by atoms with Crippen LogP contribution in [0.4, 0.5) is 8.78 Å². The molecule has 1 N–H and O–H groups in total. The number of carbonyl (C=O) groups excluding carboxylic acids is 3. The summed E-state index contributed by atoms with van der Waals surface area (Å²) in [6.07, 6.45) is 10.8. The monoisotopic (exact) mass is 522 g/mol. The molecule has 5 aliphatic rings. The van der Waals surface area contributed by atoms with Crippen LogP contribution in [0.3, 0.4) is 0 Å². The molecule has 35 heavy (non-hydrogen) atoms. The third-order valence-corrected chi connectivity index (χ3v) is 8.53. The van der Waals surface area contributed by atoms with Gasteiger partial charge in [0.25, 0.3) is 0 Å². The molecule has 12 heteroatoms. The van der Waals surface area contributed by atoms with E-state index in [0.29, 0.717) is 18.4 Å². The summed E-state index contributed by atoms with van der Waals surface area (Å²) in [5, 5.41) is 6.79. The molecule has 0 amide bonds. The summed E-state index contributed by atoms with van der Waals surface area (Å²) in [4.78, 5) is 36.2. The maximum Gasteiger partial charge on any atom is 0.415 e. The predicted octanol–water partition coefficient (Wildman–Crippen LogP) is 4.45. The Labute approximate surface area is 206 Å². The largest absolute Gasteiger partial charge is 0.465 e. The zero-order valence-electron chi connectivity index (χ0n) is 19.5. The molecule has 5 aliphatic carbocycles. The standard InChI is InChI=1S/C23H32F2O9S/c24-23(25,35-34-33-29)20(28)30-11-18(26)31-13-21-7-15-6-16(8-21)10-22(9-15,12-21)14-32-19(27)17-4-2-1-3-5-17/h15-17,29H,1-14H2. The Bertz CT molecular complexity index is 788. The van der Waals surface area contributed by atoms with Crippen LogP contribution in [0.5, 0.6) is 0 Å². The molecule has 2 unspecified atom stereocenters. The van der Waals surface area contributed by atoms with Gasteiger partial charge in [0, 0.05) is 10.8 Å². The van der Waals surface area contributed by atoms with Crippen molar-refractivity contribution in [3.8, 4) is 0 Å². The Morgan fingerprint density at radius 3 is 2.11 bits per heavy atom. The molecule has 0 aromatic rings. The van der Waals surface area contributed by atoms with Gasteiger partial charge in [-0.05, 0) is 63.2 Å². The third kappa shape index (κ3) is 6.44. The van der Waals surface area contributed by atoms with Crippen molar-refractivity contribution in [2.24, 2.45) is 28.6 Å². The van der Waals surface area contributed by atoms with Crippen molar-refractivity contribution in [3.05, 3.63) is 0 Å². The quantitative estimate of drug-likeness (QED) is 0.137. The van der Waals surface area contributed by atoms with Crippen molar-refractivity contribution in [1.82, 2.24) is 0 Å². The molecule has 0 radical (unpaired) electrons. The van der Waals surface area contributed by atoms with Crippen LogP contribution >= 0.6 is 12.0 Å². The summed E-state index contributed by atoms with van der Waals surface area (Å²) in [6.45, 7) is -0.460. The van der Waals surface area contributed by atoms with Crippen molar-refractivity contribution >= 4 is 30.0 Å². The minimum absolute atomic E-state index is 0.00351. The van der Waals surface area contributed by atoms with E-state index in [-0.39, 0.29) is 29.3 Å². The average molecular weight is 523 g/mol. The van der Waals surface area contributed by atoms with E-state index in [2.05, 4.69) is 14.1 Å². The van der Waals surface area contributed by atoms with Gasteiger partial charge in [0.2, 0.25) is 0 Å². The number of ether oxygens (including phenoxy) is 3. The number of rotatable bonds is 11. The van der Waals surface area contributed by atoms with Crippen molar-refractivity contribution in [2.75, 3.05) is 19.8 Å². The van der Waals surface area contributed by atoms with Gasteiger partial charge in [-0.2, -0.15) is 8.78 Å². The molecule has 5 rings (SSSR count). The van der Waals surface area contributed by atoms with Crippen molar-refractivity contribution in [1.29, 1.82) is 0 Å². The third-order valence-electron chi connectivity index (χ3n) is 8.03. The normalized spacial score (nSPS) is 32.3. The lowest BCUT2D eigenvalue weighted by atomic mass is 9.44. The van der Waals surface area contributed by atoms with Crippen LogP contribution in [0.25, 0.3) is 0 Å². The van der Waals surface area contributed by atoms with Gasteiger partial charge in [-0.15, -0.1) is 4.33 Å². The Morgan fingerprint density at radius 2 is 1.51 bits per heavy atom. The number of alkyl halides is 2. The molecule has 0 saturated heterocycles. The summed E-state index contributed by atoms with van der Waals surface area (Å²) in [7, 11) is 0. The summed E-state index contributed by atoms with van der Waals surface area (Å²) in [5.74, 6) is -2.08. The minimum Gasteiger partial charge on any atom is -0.465 e. The fourth-order valence-corrected chi connectivity index (χ4v) is 7.49. The first kappa shape index (κ1) is 26.6. The van der Waals surface area contributed by atoms with Crippen LogP contribution in [0, 0.1) is 28.6 Å². The molecule has 0 aromatic carbocycles. The van der Waals surface area contributed by atoms with E-state index < -0.39 is 35.8 Å². The first-order valence-corrected chi connectivity index (χ1v) is 12.9. The number of carbonyl (C=O) groups is 3. The zero-order chi connectivity index (χ0) is 25.1. The molecule has 5 fully saturated rings. The molecule has 0 spiro atoms. The van der Waals surface area contributed by atoms with E-state index in [0.717, 1.165) is 64.2 Å². The molecular formula is C23H32F2O9S. The lowest BCUT2D eigenvalue weighted by Crippen LogP contribution is -2.55. The zero-order valence-corrected chi connectivity index (χ0v) is 20.3. The first-order valence-electron chi connectivity index (χ1n) is 12.2. The summed E-state index contributed by atoms with van der Waals surface area (Å²) < 4.78 is 45.9. The molecular weight excluding hydrogens is 490 g/mol. The Kier molecular flexibility index (Phi) is 8.24. The van der Waals surface area contributed by atoms with E-state index in [1.165, 1.54) is 6.42 Å². The second kappa shape index (κ2) is 10.9. The van der Waals surface area contributed by atoms with Crippen LogP contribution in [-0.2, 0) is 38.0 Å². The Hall–Kier alpha value is -1.50. The van der Waals surface area contributed by atoms with Gasteiger partial charge in [0.15, 0.2) is 6.61 Å². The smallest absolute Gasteiger partial charge is 0.415 e. The Balaban J connectivity index is 1.27. The van der Waals surface area contributed by atoms with Gasteiger partial charge in [0.05, 0.1) is 19.1 Å². The van der Waals surface area contributed by atoms with Crippen LogP contribution in [-0.4, -0.2) is 48.2 Å². The molecule has 9 nitrogen and oxygen atoms in total. The minimum atomic E-state index is -4.18.